The molecule has 1 aromatic heterocycles. The molecule has 0 saturated heterocycles. The molecule has 100 valence electrons. The van der Waals surface area contributed by atoms with Crippen molar-refractivity contribution in [2.45, 2.75) is 18.6 Å². The van der Waals surface area contributed by atoms with E-state index in [9.17, 15) is 14.3 Å². The van der Waals surface area contributed by atoms with Gasteiger partial charge in [-0.3, -0.25) is 14.3 Å². The maximum atomic E-state index is 11.2. The van der Waals surface area contributed by atoms with Crippen molar-refractivity contribution >= 4 is 38.2 Å². The molecular weight excluding hydrogens is 322 g/mol. The first-order chi connectivity index (χ1) is 8.41. The van der Waals surface area contributed by atoms with Gasteiger partial charge in [-0.1, -0.05) is 6.92 Å². The Labute approximate surface area is 116 Å². The molecule has 1 heterocycles. The molecule has 18 heavy (non-hydrogen) atoms. The quantitative estimate of drug-likeness (QED) is 0.636. The van der Waals surface area contributed by atoms with Crippen molar-refractivity contribution in [3.8, 4) is 0 Å². The van der Waals surface area contributed by atoms with Gasteiger partial charge in [0.25, 0.3) is 5.69 Å². The lowest BCUT2D eigenvalue weighted by Crippen LogP contribution is -2.15. The second-order valence-electron chi connectivity index (χ2n) is 3.81. The van der Waals surface area contributed by atoms with Crippen molar-refractivity contribution in [2.24, 2.45) is 0 Å². The molecule has 1 aromatic rings. The lowest BCUT2D eigenvalue weighted by Gasteiger charge is -2.10. The molecule has 0 aromatic carbocycles. The number of anilines is 1. The molecule has 6 nitrogen and oxygen atoms in total. The minimum Gasteiger partial charge on any atom is -0.369 e. The first kappa shape index (κ1) is 15.0. The number of halogens is 1. The molecule has 0 aliphatic heterocycles. The highest BCUT2D eigenvalue weighted by molar-refractivity contribution is 9.10. The summed E-state index contributed by atoms with van der Waals surface area (Å²) in [4.78, 5) is 14.0. The number of hydrogen-bond donors (Lipinski definition) is 1. The van der Waals surface area contributed by atoms with Gasteiger partial charge in [-0.05, 0) is 22.4 Å². The number of hydrogen-bond acceptors (Lipinski definition) is 5. The second-order valence-corrected chi connectivity index (χ2v) is 6.46. The molecule has 1 rings (SSSR count). The van der Waals surface area contributed by atoms with E-state index in [4.69, 9.17) is 0 Å². The molecule has 1 N–H and O–H groups in total. The number of pyridine rings is 1. The standard InChI is InChI=1S/C10H14BrN3O3S/c1-7(18(2)17)3-4-12-10-9(11)5-8(6-13-10)14(15)16/h5-7H,3-4H2,1-2H3,(H,12,13). The van der Waals surface area contributed by atoms with Crippen molar-refractivity contribution in [1.29, 1.82) is 0 Å². The lowest BCUT2D eigenvalue weighted by molar-refractivity contribution is -0.385. The van der Waals surface area contributed by atoms with E-state index in [1.54, 1.807) is 6.26 Å². The fourth-order valence-electron chi connectivity index (χ4n) is 1.22. The summed E-state index contributed by atoms with van der Waals surface area (Å²) in [6.07, 6.45) is 3.62. The zero-order chi connectivity index (χ0) is 13.7. The second kappa shape index (κ2) is 6.79. The van der Waals surface area contributed by atoms with Crippen LogP contribution in [-0.4, -0.2) is 32.2 Å². The van der Waals surface area contributed by atoms with Crippen LogP contribution in [0.4, 0.5) is 11.5 Å². The van der Waals surface area contributed by atoms with Gasteiger partial charge in [0.2, 0.25) is 0 Å². The smallest absolute Gasteiger partial charge is 0.288 e. The van der Waals surface area contributed by atoms with Crippen molar-refractivity contribution in [2.75, 3.05) is 18.1 Å². The van der Waals surface area contributed by atoms with E-state index < -0.39 is 15.7 Å². The van der Waals surface area contributed by atoms with Gasteiger partial charge in [-0.25, -0.2) is 4.98 Å². The number of nitrogens with one attached hydrogen (secondary N) is 1. The van der Waals surface area contributed by atoms with Gasteiger partial charge in [0.05, 0.1) is 9.40 Å². The monoisotopic (exact) mass is 335 g/mol. The lowest BCUT2D eigenvalue weighted by atomic mass is 10.3. The Morgan fingerprint density at radius 2 is 2.33 bits per heavy atom. The Bertz CT molecular complexity index is 470. The van der Waals surface area contributed by atoms with Crippen LogP contribution in [0.5, 0.6) is 0 Å². The van der Waals surface area contributed by atoms with Crippen LogP contribution in [0.25, 0.3) is 0 Å². The van der Waals surface area contributed by atoms with Crippen molar-refractivity contribution in [1.82, 2.24) is 4.98 Å². The summed E-state index contributed by atoms with van der Waals surface area (Å²) in [7, 11) is -0.845. The van der Waals surface area contributed by atoms with Crippen LogP contribution < -0.4 is 5.32 Å². The highest BCUT2D eigenvalue weighted by Gasteiger charge is 2.11. The van der Waals surface area contributed by atoms with Crippen LogP contribution in [0.15, 0.2) is 16.7 Å². The predicted molar refractivity (Wildman–Crippen MR) is 75.2 cm³/mol. The summed E-state index contributed by atoms with van der Waals surface area (Å²) >= 11 is 3.22. The van der Waals surface area contributed by atoms with Crippen molar-refractivity contribution < 1.29 is 9.13 Å². The molecule has 0 aliphatic rings. The first-order valence-electron chi connectivity index (χ1n) is 5.28. The molecule has 0 fully saturated rings. The fraction of sp³-hybridized carbons (Fsp3) is 0.500. The summed E-state index contributed by atoms with van der Waals surface area (Å²) < 4.78 is 11.7. The fourth-order valence-corrected chi connectivity index (χ4v) is 2.14. The molecule has 0 spiro atoms. The largest absolute Gasteiger partial charge is 0.369 e. The summed E-state index contributed by atoms with van der Waals surface area (Å²) in [5, 5.41) is 13.7. The third-order valence-electron chi connectivity index (χ3n) is 2.45. The summed E-state index contributed by atoms with van der Waals surface area (Å²) in [6, 6.07) is 1.40. The Morgan fingerprint density at radius 1 is 1.67 bits per heavy atom. The van der Waals surface area contributed by atoms with Gasteiger partial charge in [-0.15, -0.1) is 0 Å². The third kappa shape index (κ3) is 4.34. The van der Waals surface area contributed by atoms with E-state index in [1.165, 1.54) is 12.3 Å². The number of aromatic nitrogens is 1. The van der Waals surface area contributed by atoms with E-state index >= 15 is 0 Å². The normalized spacial score (nSPS) is 13.9. The van der Waals surface area contributed by atoms with Crippen LogP contribution in [0.1, 0.15) is 13.3 Å². The van der Waals surface area contributed by atoms with Crippen molar-refractivity contribution in [3.05, 3.63) is 26.9 Å². The molecule has 0 saturated carbocycles. The van der Waals surface area contributed by atoms with E-state index in [-0.39, 0.29) is 10.9 Å². The third-order valence-corrected chi connectivity index (χ3v) is 4.42. The average molecular weight is 336 g/mol. The van der Waals surface area contributed by atoms with Gasteiger partial charge in [-0.2, -0.15) is 0 Å². The van der Waals surface area contributed by atoms with Gasteiger partial charge >= 0.3 is 0 Å². The van der Waals surface area contributed by atoms with Gasteiger partial charge in [0.15, 0.2) is 0 Å². The maximum Gasteiger partial charge on any atom is 0.288 e. The van der Waals surface area contributed by atoms with Gasteiger partial charge in [0, 0.05) is 34.9 Å². The molecule has 0 amide bonds. The average Bonchev–Trinajstić information content (AvgIpc) is 2.30. The zero-order valence-electron chi connectivity index (χ0n) is 10.1. The number of nitro groups is 1. The minimum atomic E-state index is -0.845. The van der Waals surface area contributed by atoms with E-state index in [1.807, 2.05) is 6.92 Å². The Balaban J connectivity index is 2.58. The molecule has 0 bridgehead atoms. The van der Waals surface area contributed by atoms with Crippen LogP contribution in [-0.2, 0) is 10.8 Å². The summed E-state index contributed by atoms with van der Waals surface area (Å²) in [5.41, 5.74) is -0.0598. The minimum absolute atomic E-state index is 0.0598. The highest BCUT2D eigenvalue weighted by Crippen LogP contribution is 2.24. The van der Waals surface area contributed by atoms with Crippen LogP contribution in [0.2, 0.25) is 0 Å². The Hall–Kier alpha value is -1.02. The van der Waals surface area contributed by atoms with Crippen LogP contribution in [0, 0.1) is 10.1 Å². The zero-order valence-corrected chi connectivity index (χ0v) is 12.5. The van der Waals surface area contributed by atoms with Crippen LogP contribution >= 0.6 is 15.9 Å². The van der Waals surface area contributed by atoms with Crippen molar-refractivity contribution in [3.63, 3.8) is 0 Å². The van der Waals surface area contributed by atoms with E-state index in [0.717, 1.165) is 6.42 Å². The molecule has 0 aliphatic carbocycles. The topological polar surface area (TPSA) is 85.1 Å². The Kier molecular flexibility index (Phi) is 5.67. The molecule has 2 unspecified atom stereocenters. The van der Waals surface area contributed by atoms with Crippen LogP contribution in [0.3, 0.4) is 0 Å². The molecule has 2 atom stereocenters. The highest BCUT2D eigenvalue weighted by atomic mass is 79.9. The predicted octanol–water partition coefficient (Wildman–Crippen LogP) is 2.32. The molecule has 8 heteroatoms. The summed E-state index contributed by atoms with van der Waals surface area (Å²) in [5.74, 6) is 0.551. The Morgan fingerprint density at radius 3 is 2.83 bits per heavy atom. The summed E-state index contributed by atoms with van der Waals surface area (Å²) in [6.45, 7) is 2.53. The van der Waals surface area contributed by atoms with Gasteiger partial charge < -0.3 is 5.32 Å². The SMILES string of the molecule is CC(CCNc1ncc([N+](=O)[O-])cc1Br)S(C)=O. The van der Waals surface area contributed by atoms with Gasteiger partial charge in [0.1, 0.15) is 12.0 Å². The van der Waals surface area contributed by atoms with E-state index in [2.05, 4.69) is 26.2 Å². The number of rotatable bonds is 6. The number of nitrogens with zero attached hydrogens (tertiary/aromatic N) is 2. The molecular formula is C10H14BrN3O3S. The maximum absolute atomic E-state index is 11.2. The molecule has 0 radical (unpaired) electrons. The van der Waals surface area contributed by atoms with E-state index in [0.29, 0.717) is 16.8 Å². The first-order valence-corrected chi connectivity index (χ1v) is 7.69.